The van der Waals surface area contributed by atoms with Gasteiger partial charge >= 0.3 is 0 Å². The van der Waals surface area contributed by atoms with E-state index < -0.39 is 0 Å². The summed E-state index contributed by atoms with van der Waals surface area (Å²) in [6.07, 6.45) is 6.18. The van der Waals surface area contributed by atoms with Crippen LogP contribution >= 0.6 is 11.3 Å². The number of thiophene rings is 1. The van der Waals surface area contributed by atoms with E-state index in [1.165, 1.54) is 41.3 Å². The van der Waals surface area contributed by atoms with Gasteiger partial charge in [-0.05, 0) is 35.2 Å². The van der Waals surface area contributed by atoms with Crippen LogP contribution in [0.5, 0.6) is 0 Å². The minimum absolute atomic E-state index is 1.07. The highest BCUT2D eigenvalue weighted by Gasteiger charge is 2.02. The Morgan fingerprint density at radius 2 is 1.93 bits per heavy atom. The summed E-state index contributed by atoms with van der Waals surface area (Å²) < 4.78 is 1.42. The highest BCUT2D eigenvalue weighted by Crippen LogP contribution is 2.26. The Kier molecular flexibility index (Phi) is 3.79. The molecule has 1 aromatic heterocycles. The SMILES string of the molecule is [CH2]CCCCCc1csc2ccccc12. The van der Waals surface area contributed by atoms with Crippen molar-refractivity contribution in [3.63, 3.8) is 0 Å². The molecule has 0 saturated heterocycles. The first kappa shape index (κ1) is 10.7. The summed E-state index contributed by atoms with van der Waals surface area (Å²) in [5.74, 6) is 0. The second kappa shape index (κ2) is 5.32. The van der Waals surface area contributed by atoms with E-state index >= 15 is 0 Å². The molecular formula is C14H17S. The molecular weight excluding hydrogens is 200 g/mol. The second-order valence-corrected chi connectivity index (χ2v) is 4.83. The van der Waals surface area contributed by atoms with E-state index in [0.29, 0.717) is 0 Å². The van der Waals surface area contributed by atoms with Crippen LogP contribution in [-0.2, 0) is 6.42 Å². The molecule has 0 aliphatic heterocycles. The summed E-state index contributed by atoms with van der Waals surface area (Å²) in [5, 5.41) is 3.77. The maximum absolute atomic E-state index is 3.87. The molecule has 0 aliphatic carbocycles. The number of rotatable bonds is 5. The Labute approximate surface area is 95.9 Å². The third kappa shape index (κ3) is 2.60. The molecule has 2 aromatic rings. The summed E-state index contributed by atoms with van der Waals surface area (Å²) in [4.78, 5) is 0. The lowest BCUT2D eigenvalue weighted by molar-refractivity contribution is 0.688. The minimum Gasteiger partial charge on any atom is -0.144 e. The molecule has 0 amide bonds. The maximum Gasteiger partial charge on any atom is 0.0345 e. The van der Waals surface area contributed by atoms with E-state index in [1.807, 2.05) is 11.3 Å². The van der Waals surface area contributed by atoms with Gasteiger partial charge in [-0.1, -0.05) is 44.4 Å². The molecule has 1 heteroatoms. The summed E-state index contributed by atoms with van der Waals surface area (Å²) in [6, 6.07) is 8.70. The van der Waals surface area contributed by atoms with Crippen molar-refractivity contribution in [3.8, 4) is 0 Å². The molecule has 0 saturated carbocycles. The third-order valence-electron chi connectivity index (χ3n) is 2.76. The van der Waals surface area contributed by atoms with E-state index in [2.05, 4.69) is 36.6 Å². The Hall–Kier alpha value is -0.820. The average molecular weight is 217 g/mol. The van der Waals surface area contributed by atoms with Gasteiger partial charge in [0.2, 0.25) is 0 Å². The monoisotopic (exact) mass is 217 g/mol. The van der Waals surface area contributed by atoms with E-state index in [9.17, 15) is 0 Å². The average Bonchev–Trinajstić information content (AvgIpc) is 2.68. The highest BCUT2D eigenvalue weighted by atomic mass is 32.1. The van der Waals surface area contributed by atoms with Gasteiger partial charge in [-0.25, -0.2) is 0 Å². The second-order valence-electron chi connectivity index (χ2n) is 3.92. The number of unbranched alkanes of at least 4 members (excludes halogenated alkanes) is 3. The van der Waals surface area contributed by atoms with Crippen molar-refractivity contribution in [1.82, 2.24) is 0 Å². The smallest absolute Gasteiger partial charge is 0.0345 e. The van der Waals surface area contributed by atoms with Gasteiger partial charge in [0, 0.05) is 4.70 Å². The van der Waals surface area contributed by atoms with E-state index in [4.69, 9.17) is 0 Å². The number of aryl methyl sites for hydroxylation is 1. The van der Waals surface area contributed by atoms with Crippen molar-refractivity contribution in [2.75, 3.05) is 0 Å². The molecule has 0 bridgehead atoms. The molecule has 79 valence electrons. The number of benzene rings is 1. The van der Waals surface area contributed by atoms with Crippen molar-refractivity contribution >= 4 is 21.4 Å². The summed E-state index contributed by atoms with van der Waals surface area (Å²) in [7, 11) is 0. The largest absolute Gasteiger partial charge is 0.144 e. The molecule has 0 fully saturated rings. The van der Waals surface area contributed by atoms with Crippen LogP contribution in [0.25, 0.3) is 10.1 Å². The van der Waals surface area contributed by atoms with Crippen LogP contribution in [-0.4, -0.2) is 0 Å². The van der Waals surface area contributed by atoms with Crippen molar-refractivity contribution in [2.45, 2.75) is 32.1 Å². The van der Waals surface area contributed by atoms with Gasteiger partial charge in [-0.15, -0.1) is 11.3 Å². The zero-order valence-corrected chi connectivity index (χ0v) is 9.85. The molecule has 0 nitrogen and oxygen atoms in total. The normalized spacial score (nSPS) is 11.0. The van der Waals surface area contributed by atoms with Crippen molar-refractivity contribution in [2.24, 2.45) is 0 Å². The van der Waals surface area contributed by atoms with Crippen LogP contribution in [0.1, 0.15) is 31.2 Å². The van der Waals surface area contributed by atoms with E-state index in [-0.39, 0.29) is 0 Å². The first-order valence-electron chi connectivity index (χ1n) is 5.66. The molecule has 1 heterocycles. The van der Waals surface area contributed by atoms with Crippen molar-refractivity contribution < 1.29 is 0 Å². The molecule has 1 aromatic carbocycles. The summed E-state index contributed by atoms with van der Waals surface area (Å²) >= 11 is 1.87. The molecule has 0 N–H and O–H groups in total. The molecule has 0 spiro atoms. The number of fused-ring (bicyclic) bond motifs is 1. The predicted octanol–water partition coefficient (Wildman–Crippen LogP) is 4.84. The standard InChI is InChI=1S/C14H17S/c1-2-3-4-5-8-12-11-15-14-10-7-6-9-13(12)14/h6-7,9-11H,1-5,8H2. The van der Waals surface area contributed by atoms with Crippen LogP contribution in [0, 0.1) is 6.92 Å². The van der Waals surface area contributed by atoms with Gasteiger partial charge in [-0.3, -0.25) is 0 Å². The molecule has 15 heavy (non-hydrogen) atoms. The molecule has 0 unspecified atom stereocenters. The predicted molar refractivity (Wildman–Crippen MR) is 69.4 cm³/mol. The molecule has 0 aliphatic rings. The first-order chi connectivity index (χ1) is 7.42. The van der Waals surface area contributed by atoms with Crippen LogP contribution in [0.15, 0.2) is 29.6 Å². The van der Waals surface area contributed by atoms with E-state index in [0.717, 1.165) is 6.42 Å². The molecule has 2 rings (SSSR count). The lowest BCUT2D eigenvalue weighted by Gasteiger charge is -1.99. The Balaban J connectivity index is 2.02. The zero-order valence-electron chi connectivity index (χ0n) is 9.04. The van der Waals surface area contributed by atoms with Crippen molar-refractivity contribution in [1.29, 1.82) is 0 Å². The fourth-order valence-corrected chi connectivity index (χ4v) is 2.89. The van der Waals surface area contributed by atoms with Gasteiger partial charge < -0.3 is 0 Å². The lowest BCUT2D eigenvalue weighted by Crippen LogP contribution is -1.83. The maximum atomic E-state index is 3.87. The molecule has 0 atom stereocenters. The summed E-state index contributed by atoms with van der Waals surface area (Å²) in [6.45, 7) is 3.87. The molecule has 1 radical (unpaired) electrons. The Morgan fingerprint density at radius 3 is 2.80 bits per heavy atom. The number of hydrogen-bond acceptors (Lipinski definition) is 1. The van der Waals surface area contributed by atoms with Gasteiger partial charge in [0.05, 0.1) is 0 Å². The topological polar surface area (TPSA) is 0 Å². The zero-order chi connectivity index (χ0) is 10.5. The van der Waals surface area contributed by atoms with Crippen LogP contribution < -0.4 is 0 Å². The van der Waals surface area contributed by atoms with Crippen LogP contribution in [0.3, 0.4) is 0 Å². The van der Waals surface area contributed by atoms with Crippen LogP contribution in [0.4, 0.5) is 0 Å². The fourth-order valence-electron chi connectivity index (χ4n) is 1.90. The summed E-state index contributed by atoms with van der Waals surface area (Å²) in [5.41, 5.74) is 1.53. The minimum atomic E-state index is 1.07. The van der Waals surface area contributed by atoms with Gasteiger partial charge in [-0.2, -0.15) is 0 Å². The van der Waals surface area contributed by atoms with Crippen molar-refractivity contribution in [3.05, 3.63) is 42.1 Å². The fraction of sp³-hybridized carbons (Fsp3) is 0.357. The third-order valence-corrected chi connectivity index (χ3v) is 3.77. The highest BCUT2D eigenvalue weighted by molar-refractivity contribution is 7.17. The van der Waals surface area contributed by atoms with Gasteiger partial charge in [0.25, 0.3) is 0 Å². The van der Waals surface area contributed by atoms with Crippen LogP contribution in [0.2, 0.25) is 0 Å². The van der Waals surface area contributed by atoms with Gasteiger partial charge in [0.15, 0.2) is 0 Å². The lowest BCUT2D eigenvalue weighted by atomic mass is 10.1. The van der Waals surface area contributed by atoms with Gasteiger partial charge in [0.1, 0.15) is 0 Å². The Bertz CT molecular complexity index is 414. The van der Waals surface area contributed by atoms with E-state index in [1.54, 1.807) is 0 Å². The quantitative estimate of drug-likeness (QED) is 0.629. The number of hydrogen-bond donors (Lipinski definition) is 0. The first-order valence-corrected chi connectivity index (χ1v) is 6.54. The Morgan fingerprint density at radius 1 is 1.07 bits per heavy atom.